The van der Waals surface area contributed by atoms with E-state index in [1.165, 1.54) is 0 Å². The maximum Gasteiger partial charge on any atom is 0.162 e. The lowest BCUT2D eigenvalue weighted by molar-refractivity contribution is -0.115. The first-order valence-corrected chi connectivity index (χ1v) is 4.07. The van der Waals surface area contributed by atoms with Gasteiger partial charge in [-0.05, 0) is 13.3 Å². The molecule has 0 radical (unpaired) electrons. The van der Waals surface area contributed by atoms with E-state index in [-0.39, 0.29) is 5.78 Å². The summed E-state index contributed by atoms with van der Waals surface area (Å²) in [4.78, 5) is 11.1. The molecule has 0 N–H and O–H groups in total. The third kappa shape index (κ3) is 4.54. The summed E-state index contributed by atoms with van der Waals surface area (Å²) in [7, 11) is 0. The van der Waals surface area contributed by atoms with Gasteiger partial charge in [-0.25, -0.2) is 0 Å². The van der Waals surface area contributed by atoms with Gasteiger partial charge in [0, 0.05) is 12.0 Å². The molecule has 0 atom stereocenters. The highest BCUT2D eigenvalue weighted by molar-refractivity contribution is 5.97. The fraction of sp³-hybridized carbons (Fsp3) is 0.500. The van der Waals surface area contributed by atoms with E-state index in [0.29, 0.717) is 12.0 Å². The third-order valence-electron chi connectivity index (χ3n) is 1.48. The van der Waals surface area contributed by atoms with E-state index < -0.39 is 0 Å². The Hall–Kier alpha value is -0.850. The quantitative estimate of drug-likeness (QED) is 0.437. The minimum Gasteiger partial charge on any atom is -0.294 e. The van der Waals surface area contributed by atoms with Crippen molar-refractivity contribution >= 4 is 5.78 Å². The van der Waals surface area contributed by atoms with Gasteiger partial charge in [0.2, 0.25) is 0 Å². The average Bonchev–Trinajstić information content (AvgIpc) is 2.00. The molecule has 0 aromatic heterocycles. The number of hydrogen-bond acceptors (Lipinski definition) is 1. The minimum atomic E-state index is 0.171. The molecule has 0 unspecified atom stereocenters. The Bertz CT molecular complexity index is 166. The van der Waals surface area contributed by atoms with Crippen LogP contribution in [-0.2, 0) is 4.79 Å². The fourth-order valence-corrected chi connectivity index (χ4v) is 0.792. The number of unbranched alkanes of at least 4 members (excludes halogenated alkanes) is 1. The largest absolute Gasteiger partial charge is 0.294 e. The molecular formula is C10H16O. The summed E-state index contributed by atoms with van der Waals surface area (Å²) in [6, 6.07) is 0. The fourth-order valence-electron chi connectivity index (χ4n) is 0.792. The van der Waals surface area contributed by atoms with E-state index in [1.54, 1.807) is 6.08 Å². The van der Waals surface area contributed by atoms with Gasteiger partial charge in [0.05, 0.1) is 0 Å². The number of rotatable bonds is 5. The molecule has 0 aromatic rings. The lowest BCUT2D eigenvalue weighted by atomic mass is 10.1. The van der Waals surface area contributed by atoms with Crippen LogP contribution in [0.1, 0.15) is 33.1 Å². The topological polar surface area (TPSA) is 17.1 Å². The molecule has 0 heterocycles. The maximum atomic E-state index is 11.1. The molecule has 0 aromatic carbocycles. The lowest BCUT2D eigenvalue weighted by Gasteiger charge is -1.96. The van der Waals surface area contributed by atoms with E-state index in [4.69, 9.17) is 0 Å². The Morgan fingerprint density at radius 3 is 2.64 bits per heavy atom. The number of allylic oxidation sites excluding steroid dienone is 3. The van der Waals surface area contributed by atoms with Crippen LogP contribution >= 0.6 is 0 Å². The highest BCUT2D eigenvalue weighted by Crippen LogP contribution is 2.03. The zero-order valence-corrected chi connectivity index (χ0v) is 7.39. The second-order valence-electron chi connectivity index (χ2n) is 2.55. The maximum absolute atomic E-state index is 11.1. The van der Waals surface area contributed by atoms with Crippen molar-refractivity contribution < 1.29 is 4.79 Å². The predicted molar refractivity (Wildman–Crippen MR) is 48.5 cm³/mol. The first kappa shape index (κ1) is 10.2. The highest BCUT2D eigenvalue weighted by Gasteiger charge is 2.01. The number of Topliss-reactive ketones (excluding diaryl/α,β-unsaturated/α-hetero) is 1. The molecule has 1 nitrogen and oxygen atoms in total. The Balaban J connectivity index is 3.74. The zero-order chi connectivity index (χ0) is 8.69. The Morgan fingerprint density at radius 1 is 1.55 bits per heavy atom. The molecule has 0 rings (SSSR count). The molecule has 11 heavy (non-hydrogen) atoms. The second kappa shape index (κ2) is 5.90. The zero-order valence-electron chi connectivity index (χ0n) is 7.39. The third-order valence-corrected chi connectivity index (χ3v) is 1.48. The second-order valence-corrected chi connectivity index (χ2v) is 2.55. The molecule has 0 saturated carbocycles. The van der Waals surface area contributed by atoms with Crippen molar-refractivity contribution in [1.82, 2.24) is 0 Å². The molecule has 1 heteroatoms. The van der Waals surface area contributed by atoms with E-state index in [9.17, 15) is 4.79 Å². The number of ketones is 1. The van der Waals surface area contributed by atoms with E-state index in [0.717, 1.165) is 12.8 Å². The van der Waals surface area contributed by atoms with Gasteiger partial charge in [-0.2, -0.15) is 0 Å². The van der Waals surface area contributed by atoms with Crippen LogP contribution in [-0.4, -0.2) is 5.78 Å². The summed E-state index contributed by atoms with van der Waals surface area (Å²) in [5.41, 5.74) is 0.626. The molecule has 0 aliphatic carbocycles. The minimum absolute atomic E-state index is 0.171. The van der Waals surface area contributed by atoms with Gasteiger partial charge in [-0.15, -0.1) is 0 Å². The van der Waals surface area contributed by atoms with Crippen molar-refractivity contribution in [3.63, 3.8) is 0 Å². The van der Waals surface area contributed by atoms with E-state index >= 15 is 0 Å². The van der Waals surface area contributed by atoms with Gasteiger partial charge in [0.25, 0.3) is 0 Å². The Labute approximate surface area is 68.8 Å². The lowest BCUT2D eigenvalue weighted by Crippen LogP contribution is -1.98. The van der Waals surface area contributed by atoms with Crippen molar-refractivity contribution in [2.24, 2.45) is 0 Å². The van der Waals surface area contributed by atoms with Gasteiger partial charge in [0.15, 0.2) is 5.78 Å². The van der Waals surface area contributed by atoms with Crippen molar-refractivity contribution in [2.75, 3.05) is 0 Å². The van der Waals surface area contributed by atoms with Crippen molar-refractivity contribution in [3.05, 3.63) is 24.3 Å². The highest BCUT2D eigenvalue weighted by atomic mass is 16.1. The van der Waals surface area contributed by atoms with Gasteiger partial charge < -0.3 is 0 Å². The van der Waals surface area contributed by atoms with Crippen LogP contribution in [0.5, 0.6) is 0 Å². The summed E-state index contributed by atoms with van der Waals surface area (Å²) >= 11 is 0. The molecule has 0 aliphatic heterocycles. The average molecular weight is 152 g/mol. The first-order valence-electron chi connectivity index (χ1n) is 4.07. The van der Waals surface area contributed by atoms with Crippen molar-refractivity contribution in [1.29, 1.82) is 0 Å². The SMILES string of the molecule is C=C(/C=C\C)C(=O)CCCC. The van der Waals surface area contributed by atoms with Crippen molar-refractivity contribution in [3.8, 4) is 0 Å². The van der Waals surface area contributed by atoms with Crippen LogP contribution < -0.4 is 0 Å². The molecule has 0 fully saturated rings. The molecule has 62 valence electrons. The van der Waals surface area contributed by atoms with Crippen LogP contribution in [0, 0.1) is 0 Å². The summed E-state index contributed by atoms with van der Waals surface area (Å²) < 4.78 is 0. The molecule has 0 aliphatic rings. The summed E-state index contributed by atoms with van der Waals surface area (Å²) in [6.07, 6.45) is 6.27. The molecule has 0 spiro atoms. The summed E-state index contributed by atoms with van der Waals surface area (Å²) in [5, 5.41) is 0. The normalized spacial score (nSPS) is 10.4. The Morgan fingerprint density at radius 2 is 2.18 bits per heavy atom. The standard InChI is InChI=1S/C10H16O/c1-4-6-8-10(11)9(3)7-5-2/h5,7H,3-4,6,8H2,1-2H3/b7-5-. The van der Waals surface area contributed by atoms with Gasteiger partial charge in [-0.1, -0.05) is 32.1 Å². The van der Waals surface area contributed by atoms with Gasteiger partial charge in [-0.3, -0.25) is 4.79 Å². The van der Waals surface area contributed by atoms with E-state index in [1.807, 2.05) is 13.0 Å². The van der Waals surface area contributed by atoms with Crippen LogP contribution in [0.15, 0.2) is 24.3 Å². The summed E-state index contributed by atoms with van der Waals surface area (Å²) in [6.45, 7) is 7.62. The monoisotopic (exact) mass is 152 g/mol. The first-order chi connectivity index (χ1) is 5.22. The van der Waals surface area contributed by atoms with E-state index in [2.05, 4.69) is 13.5 Å². The number of hydrogen-bond donors (Lipinski definition) is 0. The Kier molecular flexibility index (Phi) is 5.44. The molecule has 0 amide bonds. The van der Waals surface area contributed by atoms with Crippen LogP contribution in [0.4, 0.5) is 0 Å². The predicted octanol–water partition coefficient (Wildman–Crippen LogP) is 2.88. The summed E-state index contributed by atoms with van der Waals surface area (Å²) in [5.74, 6) is 0.171. The molecular weight excluding hydrogens is 136 g/mol. The smallest absolute Gasteiger partial charge is 0.162 e. The van der Waals surface area contributed by atoms with Gasteiger partial charge in [0.1, 0.15) is 0 Å². The molecule has 0 saturated heterocycles. The van der Waals surface area contributed by atoms with Crippen LogP contribution in [0.3, 0.4) is 0 Å². The molecule has 0 bridgehead atoms. The number of carbonyl (C=O) groups excluding carboxylic acids is 1. The van der Waals surface area contributed by atoms with Crippen LogP contribution in [0.2, 0.25) is 0 Å². The number of carbonyl (C=O) groups is 1. The van der Waals surface area contributed by atoms with Crippen molar-refractivity contribution in [2.45, 2.75) is 33.1 Å². The van der Waals surface area contributed by atoms with Crippen LogP contribution in [0.25, 0.3) is 0 Å². The van der Waals surface area contributed by atoms with Gasteiger partial charge >= 0.3 is 0 Å².